The first-order valence-corrected chi connectivity index (χ1v) is 6.01. The molecule has 1 saturated heterocycles. The molecule has 0 bridgehead atoms. The molecule has 1 aromatic heterocycles. The molecule has 16 heavy (non-hydrogen) atoms. The number of anilines is 2. The van der Waals surface area contributed by atoms with Gasteiger partial charge in [-0.1, -0.05) is 6.92 Å². The van der Waals surface area contributed by atoms with Crippen LogP contribution < -0.4 is 10.6 Å². The van der Waals surface area contributed by atoms with Gasteiger partial charge in [0.25, 0.3) is 0 Å². The van der Waals surface area contributed by atoms with Crippen molar-refractivity contribution in [2.75, 3.05) is 23.7 Å². The van der Waals surface area contributed by atoms with E-state index in [9.17, 15) is 0 Å². The van der Waals surface area contributed by atoms with E-state index in [1.165, 1.54) is 19.3 Å². The summed E-state index contributed by atoms with van der Waals surface area (Å²) in [4.78, 5) is 10.7. The van der Waals surface area contributed by atoms with Gasteiger partial charge in [0.2, 0.25) is 5.95 Å². The number of hydrogen-bond acceptors (Lipinski definition) is 4. The maximum absolute atomic E-state index is 5.65. The van der Waals surface area contributed by atoms with E-state index < -0.39 is 0 Å². The summed E-state index contributed by atoms with van der Waals surface area (Å²) < 4.78 is 0. The van der Waals surface area contributed by atoms with Crippen LogP contribution >= 0.6 is 0 Å². The lowest BCUT2D eigenvalue weighted by molar-refractivity contribution is 0.521. The van der Waals surface area contributed by atoms with E-state index in [0.29, 0.717) is 5.95 Å². The Labute approximate surface area is 96.9 Å². The Balaban J connectivity index is 2.19. The Bertz CT molecular complexity index is 364. The number of aromatic nitrogens is 2. The van der Waals surface area contributed by atoms with Crippen molar-refractivity contribution < 1.29 is 0 Å². The van der Waals surface area contributed by atoms with Crippen molar-refractivity contribution in [2.24, 2.45) is 5.92 Å². The van der Waals surface area contributed by atoms with Gasteiger partial charge < -0.3 is 10.6 Å². The molecular formula is C12H20N4. The van der Waals surface area contributed by atoms with E-state index in [0.717, 1.165) is 30.4 Å². The van der Waals surface area contributed by atoms with E-state index in [1.807, 2.05) is 13.1 Å². The number of nitrogens with zero attached hydrogens (tertiary/aromatic N) is 3. The number of nitrogens with two attached hydrogens (primary N) is 1. The van der Waals surface area contributed by atoms with Gasteiger partial charge >= 0.3 is 0 Å². The molecule has 4 heteroatoms. The summed E-state index contributed by atoms with van der Waals surface area (Å²) in [5, 5.41) is 0. The molecule has 0 amide bonds. The molecule has 0 aromatic carbocycles. The predicted octanol–water partition coefficient (Wildman–Crippen LogP) is 1.99. The highest BCUT2D eigenvalue weighted by Crippen LogP contribution is 2.23. The fourth-order valence-corrected chi connectivity index (χ4v) is 2.24. The van der Waals surface area contributed by atoms with Crippen molar-refractivity contribution in [3.63, 3.8) is 0 Å². The molecular weight excluding hydrogens is 200 g/mol. The van der Waals surface area contributed by atoms with Crippen molar-refractivity contribution in [1.82, 2.24) is 9.97 Å². The fraction of sp³-hybridized carbons (Fsp3) is 0.667. The lowest BCUT2D eigenvalue weighted by Gasteiger charge is -2.23. The van der Waals surface area contributed by atoms with Crippen LogP contribution in [0.3, 0.4) is 0 Å². The molecule has 88 valence electrons. The van der Waals surface area contributed by atoms with Crippen LogP contribution in [-0.2, 0) is 0 Å². The third-order valence-corrected chi connectivity index (χ3v) is 3.28. The molecule has 1 aliphatic heterocycles. The molecule has 4 nitrogen and oxygen atoms in total. The minimum absolute atomic E-state index is 0.373. The molecule has 0 saturated carbocycles. The summed E-state index contributed by atoms with van der Waals surface area (Å²) in [6.45, 7) is 6.54. The first-order valence-electron chi connectivity index (χ1n) is 6.01. The maximum atomic E-state index is 5.65. The first-order chi connectivity index (χ1) is 7.66. The summed E-state index contributed by atoms with van der Waals surface area (Å²) >= 11 is 0. The van der Waals surface area contributed by atoms with Crippen LogP contribution in [0.5, 0.6) is 0 Å². The first kappa shape index (κ1) is 11.2. The lowest BCUT2D eigenvalue weighted by Crippen LogP contribution is -2.26. The Morgan fingerprint density at radius 3 is 3.00 bits per heavy atom. The molecule has 0 radical (unpaired) electrons. The SMILES string of the molecule is Cc1cnc(N)nc1N1CCCC(C)CC1. The number of nitrogen functional groups attached to an aromatic ring is 1. The van der Waals surface area contributed by atoms with E-state index in [-0.39, 0.29) is 0 Å². The quantitative estimate of drug-likeness (QED) is 0.786. The van der Waals surface area contributed by atoms with Gasteiger partial charge in [0.1, 0.15) is 5.82 Å². The third-order valence-electron chi connectivity index (χ3n) is 3.28. The summed E-state index contributed by atoms with van der Waals surface area (Å²) in [5.41, 5.74) is 6.77. The van der Waals surface area contributed by atoms with Gasteiger partial charge in [-0.3, -0.25) is 0 Å². The highest BCUT2D eigenvalue weighted by Gasteiger charge is 2.16. The molecule has 1 atom stereocenters. The van der Waals surface area contributed by atoms with Crippen molar-refractivity contribution in [3.05, 3.63) is 11.8 Å². The van der Waals surface area contributed by atoms with Crippen LogP contribution in [0, 0.1) is 12.8 Å². The van der Waals surface area contributed by atoms with Gasteiger partial charge in [-0.25, -0.2) is 4.98 Å². The molecule has 2 N–H and O–H groups in total. The van der Waals surface area contributed by atoms with Gasteiger partial charge in [0, 0.05) is 24.8 Å². The Morgan fingerprint density at radius 2 is 2.19 bits per heavy atom. The Morgan fingerprint density at radius 1 is 1.38 bits per heavy atom. The average Bonchev–Trinajstić information content (AvgIpc) is 2.47. The topological polar surface area (TPSA) is 55.0 Å². The molecule has 0 spiro atoms. The average molecular weight is 220 g/mol. The number of hydrogen-bond donors (Lipinski definition) is 1. The van der Waals surface area contributed by atoms with Crippen LogP contribution in [0.25, 0.3) is 0 Å². The number of rotatable bonds is 1. The van der Waals surface area contributed by atoms with Crippen LogP contribution in [-0.4, -0.2) is 23.1 Å². The second-order valence-electron chi connectivity index (χ2n) is 4.76. The molecule has 1 aromatic rings. The molecule has 0 aliphatic carbocycles. The van der Waals surface area contributed by atoms with Crippen LogP contribution in [0.2, 0.25) is 0 Å². The second kappa shape index (κ2) is 4.68. The Kier molecular flexibility index (Phi) is 3.27. The van der Waals surface area contributed by atoms with Crippen LogP contribution in [0.15, 0.2) is 6.20 Å². The summed E-state index contributed by atoms with van der Waals surface area (Å²) in [7, 11) is 0. The van der Waals surface area contributed by atoms with Gasteiger partial charge in [-0.2, -0.15) is 4.98 Å². The van der Waals surface area contributed by atoms with Gasteiger partial charge in [0.15, 0.2) is 0 Å². The minimum Gasteiger partial charge on any atom is -0.368 e. The molecule has 1 unspecified atom stereocenters. The van der Waals surface area contributed by atoms with Crippen molar-refractivity contribution in [2.45, 2.75) is 33.1 Å². The zero-order valence-corrected chi connectivity index (χ0v) is 10.1. The lowest BCUT2D eigenvalue weighted by atomic mass is 10.0. The van der Waals surface area contributed by atoms with Crippen molar-refractivity contribution in [1.29, 1.82) is 0 Å². The summed E-state index contributed by atoms with van der Waals surface area (Å²) in [6.07, 6.45) is 5.61. The minimum atomic E-state index is 0.373. The molecule has 1 aliphatic rings. The van der Waals surface area contributed by atoms with Gasteiger partial charge in [0.05, 0.1) is 0 Å². The third kappa shape index (κ3) is 2.43. The summed E-state index contributed by atoms with van der Waals surface area (Å²) in [5.74, 6) is 2.21. The highest BCUT2D eigenvalue weighted by atomic mass is 15.2. The predicted molar refractivity (Wildman–Crippen MR) is 66.4 cm³/mol. The zero-order chi connectivity index (χ0) is 11.5. The molecule has 2 heterocycles. The Hall–Kier alpha value is -1.32. The van der Waals surface area contributed by atoms with E-state index >= 15 is 0 Å². The van der Waals surface area contributed by atoms with Gasteiger partial charge in [-0.15, -0.1) is 0 Å². The largest absolute Gasteiger partial charge is 0.368 e. The van der Waals surface area contributed by atoms with Crippen LogP contribution in [0.4, 0.5) is 11.8 Å². The summed E-state index contributed by atoms with van der Waals surface area (Å²) in [6, 6.07) is 0. The van der Waals surface area contributed by atoms with E-state index in [1.54, 1.807) is 0 Å². The zero-order valence-electron chi connectivity index (χ0n) is 10.1. The maximum Gasteiger partial charge on any atom is 0.221 e. The molecule has 1 fully saturated rings. The van der Waals surface area contributed by atoms with Crippen LogP contribution in [0.1, 0.15) is 31.7 Å². The van der Waals surface area contributed by atoms with Crippen molar-refractivity contribution >= 4 is 11.8 Å². The molecule has 2 rings (SSSR count). The van der Waals surface area contributed by atoms with Gasteiger partial charge in [-0.05, 0) is 32.1 Å². The van der Waals surface area contributed by atoms with Crippen molar-refractivity contribution in [3.8, 4) is 0 Å². The smallest absolute Gasteiger partial charge is 0.221 e. The van der Waals surface area contributed by atoms with E-state index in [4.69, 9.17) is 5.73 Å². The normalized spacial score (nSPS) is 21.9. The van der Waals surface area contributed by atoms with E-state index in [2.05, 4.69) is 21.8 Å². The fourth-order valence-electron chi connectivity index (χ4n) is 2.24. The monoisotopic (exact) mass is 220 g/mol. The standard InChI is InChI=1S/C12H20N4/c1-9-4-3-6-16(7-5-9)11-10(2)8-14-12(13)15-11/h8-9H,3-7H2,1-2H3,(H2,13,14,15). The number of aryl methyl sites for hydroxylation is 1. The highest BCUT2D eigenvalue weighted by molar-refractivity contribution is 5.47. The second-order valence-corrected chi connectivity index (χ2v) is 4.76.